The second kappa shape index (κ2) is 8.42. The highest BCUT2D eigenvalue weighted by Crippen LogP contribution is 2.41. The van der Waals surface area contributed by atoms with Crippen molar-refractivity contribution in [1.29, 1.82) is 0 Å². The van der Waals surface area contributed by atoms with E-state index in [9.17, 15) is 14.4 Å². The van der Waals surface area contributed by atoms with Crippen molar-refractivity contribution in [2.45, 2.75) is 71.3 Å². The normalized spacial score (nSPS) is 19.9. The van der Waals surface area contributed by atoms with Gasteiger partial charge in [-0.05, 0) is 49.5 Å². The van der Waals surface area contributed by atoms with Crippen molar-refractivity contribution in [2.75, 3.05) is 5.32 Å². The van der Waals surface area contributed by atoms with Crippen LogP contribution >= 0.6 is 11.3 Å². The minimum Gasteiger partial charge on any atom is -0.481 e. The Balaban J connectivity index is 1.78. The zero-order valence-electron chi connectivity index (χ0n) is 16.0. The second-order valence-corrected chi connectivity index (χ2v) is 9.03. The van der Waals surface area contributed by atoms with E-state index in [1.165, 1.54) is 16.2 Å². The molecule has 3 N–H and O–H groups in total. The Morgan fingerprint density at radius 2 is 1.96 bits per heavy atom. The van der Waals surface area contributed by atoms with Gasteiger partial charge < -0.3 is 15.7 Å². The van der Waals surface area contributed by atoms with Crippen LogP contribution in [0.15, 0.2) is 0 Å². The lowest BCUT2D eigenvalue weighted by molar-refractivity contribution is -0.138. The number of carbonyl (C=O) groups excluding carboxylic acids is 2. The van der Waals surface area contributed by atoms with Crippen LogP contribution in [0.25, 0.3) is 0 Å². The van der Waals surface area contributed by atoms with Crippen LogP contribution in [-0.2, 0) is 22.4 Å². The number of carboxylic acid groups (broad SMARTS) is 1. The van der Waals surface area contributed by atoms with E-state index in [1.54, 1.807) is 6.92 Å². The molecule has 0 bridgehead atoms. The summed E-state index contributed by atoms with van der Waals surface area (Å²) in [4.78, 5) is 37.3. The third-order valence-corrected chi connectivity index (χ3v) is 6.56. The van der Waals surface area contributed by atoms with E-state index in [0.29, 0.717) is 16.5 Å². The molecule has 1 saturated carbocycles. The van der Waals surface area contributed by atoms with E-state index >= 15 is 0 Å². The molecule has 1 aromatic heterocycles. The lowest BCUT2D eigenvalue weighted by Crippen LogP contribution is -2.28. The Morgan fingerprint density at radius 1 is 1.22 bits per heavy atom. The molecule has 0 spiro atoms. The number of anilines is 1. The summed E-state index contributed by atoms with van der Waals surface area (Å²) in [6.45, 7) is 3.94. The highest BCUT2D eigenvalue weighted by Gasteiger charge is 2.32. The first-order chi connectivity index (χ1) is 12.9. The number of fused-ring (bicyclic) bond motifs is 1. The topological polar surface area (TPSA) is 95.5 Å². The van der Waals surface area contributed by atoms with Crippen molar-refractivity contribution in [3.05, 3.63) is 16.0 Å². The number of amides is 2. The van der Waals surface area contributed by atoms with Crippen LogP contribution in [0, 0.1) is 11.8 Å². The van der Waals surface area contributed by atoms with Crippen LogP contribution in [0.4, 0.5) is 5.00 Å². The van der Waals surface area contributed by atoms with Gasteiger partial charge in [0.05, 0.1) is 5.56 Å². The van der Waals surface area contributed by atoms with E-state index in [0.717, 1.165) is 44.1 Å². The van der Waals surface area contributed by atoms with Crippen LogP contribution in [0.2, 0.25) is 0 Å². The van der Waals surface area contributed by atoms with Gasteiger partial charge in [-0.3, -0.25) is 14.4 Å². The maximum atomic E-state index is 12.8. The van der Waals surface area contributed by atoms with Crippen molar-refractivity contribution < 1.29 is 19.5 Å². The van der Waals surface area contributed by atoms with Crippen molar-refractivity contribution in [3.63, 3.8) is 0 Å². The molecule has 2 atom stereocenters. The fourth-order valence-electron chi connectivity index (χ4n) is 3.68. The Morgan fingerprint density at radius 3 is 2.59 bits per heavy atom. The lowest BCUT2D eigenvalue weighted by Gasteiger charge is -2.21. The quantitative estimate of drug-likeness (QED) is 0.630. The van der Waals surface area contributed by atoms with Gasteiger partial charge in [-0.2, -0.15) is 0 Å². The number of nitrogens with one attached hydrogen (secondary N) is 2. The van der Waals surface area contributed by atoms with Gasteiger partial charge >= 0.3 is 5.97 Å². The summed E-state index contributed by atoms with van der Waals surface area (Å²) in [5.41, 5.74) is 1.73. The molecule has 6 nitrogen and oxygen atoms in total. The van der Waals surface area contributed by atoms with Gasteiger partial charge in [0.15, 0.2) is 0 Å². The summed E-state index contributed by atoms with van der Waals surface area (Å²) < 4.78 is 0. The molecule has 0 unspecified atom stereocenters. The first kappa shape index (κ1) is 19.9. The summed E-state index contributed by atoms with van der Waals surface area (Å²) >= 11 is 1.52. The molecule has 27 heavy (non-hydrogen) atoms. The predicted molar refractivity (Wildman–Crippen MR) is 105 cm³/mol. The third-order valence-electron chi connectivity index (χ3n) is 5.39. The summed E-state index contributed by atoms with van der Waals surface area (Å²) in [7, 11) is 0. The van der Waals surface area contributed by atoms with Crippen LogP contribution in [0.1, 0.15) is 73.2 Å². The molecule has 3 rings (SSSR count). The molecule has 2 amide bonds. The number of aliphatic carboxylic acids is 1. The fourth-order valence-corrected chi connectivity index (χ4v) is 5.06. The molecule has 0 radical (unpaired) electrons. The Bertz CT molecular complexity index is 739. The minimum atomic E-state index is -0.906. The van der Waals surface area contributed by atoms with E-state index in [4.69, 9.17) is 5.11 Å². The first-order valence-corrected chi connectivity index (χ1v) is 10.7. The van der Waals surface area contributed by atoms with E-state index in [1.807, 2.05) is 0 Å². The van der Waals surface area contributed by atoms with Gasteiger partial charge in [0.1, 0.15) is 5.00 Å². The molecule has 1 aromatic rings. The summed E-state index contributed by atoms with van der Waals surface area (Å²) in [6, 6.07) is 0.263. The summed E-state index contributed by atoms with van der Waals surface area (Å²) in [6.07, 6.45) is 6.17. The van der Waals surface area contributed by atoms with Gasteiger partial charge in [-0.25, -0.2) is 0 Å². The largest absolute Gasteiger partial charge is 0.481 e. The van der Waals surface area contributed by atoms with Gasteiger partial charge in [0.25, 0.3) is 5.91 Å². The number of hydrogen-bond donors (Lipinski definition) is 3. The molecule has 1 heterocycles. The molecule has 1 fully saturated rings. The fraction of sp³-hybridized carbons (Fsp3) is 0.650. The maximum absolute atomic E-state index is 12.8. The van der Waals surface area contributed by atoms with Crippen LogP contribution < -0.4 is 10.6 Å². The molecule has 0 aliphatic heterocycles. The average Bonchev–Trinajstić information content (AvgIpc) is 3.32. The molecule has 0 aromatic carbocycles. The number of hydrogen-bond acceptors (Lipinski definition) is 4. The number of thiophene rings is 1. The van der Waals surface area contributed by atoms with E-state index in [-0.39, 0.29) is 36.6 Å². The molecular weight excluding hydrogens is 364 g/mol. The monoisotopic (exact) mass is 392 g/mol. The number of carbonyl (C=O) groups is 3. The Hall–Kier alpha value is -1.89. The Kier molecular flexibility index (Phi) is 6.19. The molecule has 7 heteroatoms. The van der Waals surface area contributed by atoms with Gasteiger partial charge in [-0.1, -0.05) is 20.3 Å². The summed E-state index contributed by atoms with van der Waals surface area (Å²) in [5.74, 6) is -0.828. The zero-order chi connectivity index (χ0) is 19.6. The lowest BCUT2D eigenvalue weighted by atomic mass is 9.85. The maximum Gasteiger partial charge on any atom is 0.303 e. The van der Waals surface area contributed by atoms with Crippen LogP contribution in [0.3, 0.4) is 0 Å². The molecular formula is C20H28N2O4S. The summed E-state index contributed by atoms with van der Waals surface area (Å²) in [5, 5.41) is 15.5. The molecule has 0 saturated heterocycles. The van der Waals surface area contributed by atoms with Crippen LogP contribution in [0.5, 0.6) is 0 Å². The van der Waals surface area contributed by atoms with Gasteiger partial charge in [-0.15, -0.1) is 11.3 Å². The van der Waals surface area contributed by atoms with Crippen molar-refractivity contribution >= 4 is 34.1 Å². The van der Waals surface area contributed by atoms with Crippen molar-refractivity contribution in [1.82, 2.24) is 5.32 Å². The van der Waals surface area contributed by atoms with Crippen LogP contribution in [-0.4, -0.2) is 28.9 Å². The van der Waals surface area contributed by atoms with Crippen molar-refractivity contribution in [3.8, 4) is 0 Å². The number of carboxylic acids is 1. The first-order valence-electron chi connectivity index (χ1n) is 9.84. The highest BCUT2D eigenvalue weighted by molar-refractivity contribution is 7.17. The highest BCUT2D eigenvalue weighted by atomic mass is 32.1. The average molecular weight is 393 g/mol. The molecule has 148 valence electrons. The number of rotatable bonds is 8. The minimum absolute atomic E-state index is 0.0401. The third kappa shape index (κ3) is 5.09. The molecule has 2 aliphatic rings. The zero-order valence-corrected chi connectivity index (χ0v) is 16.8. The van der Waals surface area contributed by atoms with Gasteiger partial charge in [0, 0.05) is 23.8 Å². The molecule has 2 aliphatic carbocycles. The SMILES string of the molecule is CC[C@H]1CCc2c(sc(NC(=O)C[C@@H](C)CC(=O)O)c2C(=O)NC2CC2)C1. The Labute approximate surface area is 163 Å². The van der Waals surface area contributed by atoms with Gasteiger partial charge in [0.2, 0.25) is 5.91 Å². The van der Waals surface area contributed by atoms with Crippen molar-refractivity contribution in [2.24, 2.45) is 11.8 Å². The second-order valence-electron chi connectivity index (χ2n) is 7.93. The smallest absolute Gasteiger partial charge is 0.303 e. The van der Waals surface area contributed by atoms with E-state index in [2.05, 4.69) is 17.6 Å². The van der Waals surface area contributed by atoms with E-state index < -0.39 is 5.97 Å². The predicted octanol–water partition coefficient (Wildman–Crippen LogP) is 3.59. The standard InChI is InChI=1S/C20H28N2O4S/c1-3-12-4-7-14-15(10-12)27-20(18(14)19(26)21-13-5-6-13)22-16(23)8-11(2)9-17(24)25/h11-13H,3-10H2,1-2H3,(H,21,26)(H,22,23)(H,24,25)/t11-,12+/m1/s1.